The van der Waals surface area contributed by atoms with Crippen LogP contribution in [0.25, 0.3) is 11.5 Å². The van der Waals surface area contributed by atoms with Crippen molar-refractivity contribution in [1.29, 1.82) is 0 Å². The van der Waals surface area contributed by atoms with Gasteiger partial charge in [-0.3, -0.25) is 4.90 Å². The van der Waals surface area contributed by atoms with Gasteiger partial charge >= 0.3 is 0 Å². The first-order valence-corrected chi connectivity index (χ1v) is 7.06. The second-order valence-corrected chi connectivity index (χ2v) is 5.17. The van der Waals surface area contributed by atoms with Crippen molar-refractivity contribution in [2.45, 2.75) is 32.5 Å². The molecule has 0 aliphatic heterocycles. The van der Waals surface area contributed by atoms with Crippen molar-refractivity contribution in [3.05, 3.63) is 35.2 Å². The van der Waals surface area contributed by atoms with Crippen LogP contribution in [0, 0.1) is 4.84 Å². The van der Waals surface area contributed by atoms with Crippen LogP contribution in [-0.4, -0.2) is 27.3 Å². The molecule has 19 heavy (non-hydrogen) atoms. The van der Waals surface area contributed by atoms with Crippen LogP contribution in [0.4, 0.5) is 0 Å². The number of nitrogens with zero attached hydrogens (tertiary/aromatic N) is 3. The van der Waals surface area contributed by atoms with Gasteiger partial charge in [0, 0.05) is 11.6 Å². The first-order valence-electron chi connectivity index (χ1n) is 6.65. The number of rotatable bonds is 5. The Balaban J connectivity index is 1.83. The summed E-state index contributed by atoms with van der Waals surface area (Å²) in [5, 5.41) is 4.48. The van der Waals surface area contributed by atoms with E-state index in [-0.39, 0.29) is 0 Å². The van der Waals surface area contributed by atoms with Gasteiger partial charge in [0.1, 0.15) is 0 Å². The molecule has 1 heterocycles. The van der Waals surface area contributed by atoms with Crippen LogP contribution in [0.1, 0.15) is 19.8 Å². The van der Waals surface area contributed by atoms with E-state index in [9.17, 15) is 0 Å². The predicted molar refractivity (Wildman–Crippen MR) is 76.2 cm³/mol. The smallest absolute Gasteiger partial charge is 0.288 e. The molecule has 0 unspecified atom stereocenters. The molecule has 100 valence electrons. The van der Waals surface area contributed by atoms with Crippen LogP contribution in [0.5, 0.6) is 0 Å². The van der Waals surface area contributed by atoms with Crippen molar-refractivity contribution < 1.29 is 4.42 Å². The van der Waals surface area contributed by atoms with Gasteiger partial charge in [0.25, 0.3) is 4.84 Å². The molecule has 0 N–H and O–H groups in total. The summed E-state index contributed by atoms with van der Waals surface area (Å²) in [4.78, 5) is 2.82. The van der Waals surface area contributed by atoms with Gasteiger partial charge in [-0.15, -0.1) is 5.10 Å². The second kappa shape index (κ2) is 5.27. The fraction of sp³-hybridized carbons (Fsp3) is 0.429. The average Bonchev–Trinajstić information content (AvgIpc) is 3.22. The Morgan fingerprint density at radius 3 is 2.74 bits per heavy atom. The molecule has 0 saturated heterocycles. The highest BCUT2D eigenvalue weighted by Gasteiger charge is 2.28. The molecule has 5 heteroatoms. The van der Waals surface area contributed by atoms with Crippen molar-refractivity contribution in [2.75, 3.05) is 6.54 Å². The molecule has 0 spiro atoms. The van der Waals surface area contributed by atoms with Gasteiger partial charge in [-0.05, 0) is 43.7 Å². The Labute approximate surface area is 117 Å². The van der Waals surface area contributed by atoms with Gasteiger partial charge in [-0.25, -0.2) is 4.68 Å². The van der Waals surface area contributed by atoms with E-state index >= 15 is 0 Å². The van der Waals surface area contributed by atoms with Gasteiger partial charge in [-0.1, -0.05) is 25.1 Å². The third-order valence-corrected chi connectivity index (χ3v) is 3.71. The summed E-state index contributed by atoms with van der Waals surface area (Å²) in [6, 6.07) is 10.6. The number of hydrogen-bond donors (Lipinski definition) is 0. The Morgan fingerprint density at radius 2 is 2.11 bits per heavy atom. The molecule has 1 aromatic carbocycles. The van der Waals surface area contributed by atoms with E-state index in [1.807, 2.05) is 30.3 Å². The van der Waals surface area contributed by atoms with Crippen LogP contribution in [0.2, 0.25) is 0 Å². The van der Waals surface area contributed by atoms with Crippen LogP contribution >= 0.6 is 12.2 Å². The zero-order valence-electron chi connectivity index (χ0n) is 11.0. The lowest BCUT2D eigenvalue weighted by Gasteiger charge is -2.18. The average molecular weight is 275 g/mol. The monoisotopic (exact) mass is 275 g/mol. The van der Waals surface area contributed by atoms with Gasteiger partial charge in [0.05, 0.1) is 6.67 Å². The standard InChI is InChI=1S/C14H17N3OS/c1-2-16(12-8-9-12)10-17-14(19)18-13(15-17)11-6-4-3-5-7-11/h3-7,12H,2,8-10H2,1H3. The first kappa shape index (κ1) is 12.6. The molecular formula is C14H17N3OS. The SMILES string of the molecule is CCN(Cn1nc(-c2ccccc2)oc1=S)C1CC1. The fourth-order valence-corrected chi connectivity index (χ4v) is 2.36. The largest absolute Gasteiger partial charge is 0.409 e. The minimum absolute atomic E-state index is 0.443. The zero-order chi connectivity index (χ0) is 13.2. The lowest BCUT2D eigenvalue weighted by Crippen LogP contribution is -2.28. The zero-order valence-corrected chi connectivity index (χ0v) is 11.8. The molecule has 0 radical (unpaired) electrons. The summed E-state index contributed by atoms with van der Waals surface area (Å²) in [6.07, 6.45) is 2.56. The van der Waals surface area contributed by atoms with Crippen molar-refractivity contribution in [2.24, 2.45) is 0 Å². The summed E-state index contributed by atoms with van der Waals surface area (Å²) in [5.41, 5.74) is 0.960. The summed E-state index contributed by atoms with van der Waals surface area (Å²) >= 11 is 5.25. The Kier molecular flexibility index (Phi) is 3.48. The maximum atomic E-state index is 5.59. The number of hydrogen-bond acceptors (Lipinski definition) is 4. The third-order valence-electron chi connectivity index (χ3n) is 3.41. The van der Waals surface area contributed by atoms with E-state index in [0.717, 1.165) is 18.8 Å². The van der Waals surface area contributed by atoms with Crippen molar-refractivity contribution in [3.8, 4) is 11.5 Å². The van der Waals surface area contributed by atoms with Crippen LogP contribution in [0.3, 0.4) is 0 Å². The van der Waals surface area contributed by atoms with Gasteiger partial charge in [0.2, 0.25) is 5.89 Å². The first-order chi connectivity index (χ1) is 9.28. The molecule has 0 bridgehead atoms. The lowest BCUT2D eigenvalue weighted by atomic mass is 10.2. The highest BCUT2D eigenvalue weighted by molar-refractivity contribution is 7.71. The number of benzene rings is 1. The van der Waals surface area contributed by atoms with E-state index < -0.39 is 0 Å². The maximum absolute atomic E-state index is 5.59. The molecule has 4 nitrogen and oxygen atoms in total. The highest BCUT2D eigenvalue weighted by Crippen LogP contribution is 2.27. The molecule has 1 aliphatic carbocycles. The van der Waals surface area contributed by atoms with E-state index in [2.05, 4.69) is 16.9 Å². The summed E-state index contributed by atoms with van der Waals surface area (Å²) in [5.74, 6) is 0.595. The minimum Gasteiger partial charge on any atom is -0.409 e. The Hall–Kier alpha value is -1.46. The topological polar surface area (TPSA) is 34.2 Å². The fourth-order valence-electron chi connectivity index (χ4n) is 2.18. The van der Waals surface area contributed by atoms with Crippen LogP contribution < -0.4 is 0 Å². The molecule has 1 aromatic heterocycles. The minimum atomic E-state index is 0.443. The normalized spacial score (nSPS) is 15.1. The molecule has 3 rings (SSSR count). The van der Waals surface area contributed by atoms with E-state index in [1.54, 1.807) is 4.68 Å². The van der Waals surface area contributed by atoms with Gasteiger partial charge < -0.3 is 4.42 Å². The maximum Gasteiger partial charge on any atom is 0.288 e. The van der Waals surface area contributed by atoms with Crippen molar-refractivity contribution in [3.63, 3.8) is 0 Å². The Morgan fingerprint density at radius 1 is 1.37 bits per heavy atom. The molecule has 1 saturated carbocycles. The molecule has 0 atom stereocenters. The van der Waals surface area contributed by atoms with Crippen molar-refractivity contribution in [1.82, 2.24) is 14.7 Å². The lowest BCUT2D eigenvalue weighted by molar-refractivity contribution is 0.203. The Bertz CT molecular complexity index is 601. The molecule has 1 aliphatic rings. The van der Waals surface area contributed by atoms with Gasteiger partial charge in [-0.2, -0.15) is 0 Å². The quantitative estimate of drug-likeness (QED) is 0.784. The third kappa shape index (κ3) is 2.77. The van der Waals surface area contributed by atoms with Crippen LogP contribution in [0.15, 0.2) is 34.7 Å². The summed E-state index contributed by atoms with van der Waals surface area (Å²) in [7, 11) is 0. The second-order valence-electron chi connectivity index (χ2n) is 4.82. The van der Waals surface area contributed by atoms with Crippen LogP contribution in [-0.2, 0) is 6.67 Å². The molecular weight excluding hydrogens is 258 g/mol. The van der Waals surface area contributed by atoms with E-state index in [1.165, 1.54) is 12.8 Å². The number of aromatic nitrogens is 2. The highest BCUT2D eigenvalue weighted by atomic mass is 32.1. The van der Waals surface area contributed by atoms with E-state index in [0.29, 0.717) is 16.8 Å². The summed E-state index contributed by atoms with van der Waals surface area (Å²) in [6.45, 7) is 3.90. The molecule has 1 fully saturated rings. The van der Waals surface area contributed by atoms with Gasteiger partial charge in [0.15, 0.2) is 0 Å². The molecule has 0 amide bonds. The summed E-state index contributed by atoms with van der Waals surface area (Å²) < 4.78 is 7.36. The molecule has 2 aromatic rings. The van der Waals surface area contributed by atoms with Crippen molar-refractivity contribution >= 4 is 12.2 Å². The van der Waals surface area contributed by atoms with E-state index in [4.69, 9.17) is 16.6 Å². The predicted octanol–water partition coefficient (Wildman–Crippen LogP) is 3.31.